The van der Waals surface area contributed by atoms with E-state index in [2.05, 4.69) is 10.6 Å². The number of rotatable bonds is 5. The maximum Gasteiger partial charge on any atom is 0.170 e. The van der Waals surface area contributed by atoms with Crippen LogP contribution in [0.25, 0.3) is 0 Å². The minimum absolute atomic E-state index is 0.0496. The van der Waals surface area contributed by atoms with Gasteiger partial charge in [0.15, 0.2) is 10.9 Å². The second kappa shape index (κ2) is 7.53. The number of hydrogen-bond donors (Lipinski definition) is 2. The largest absolute Gasteiger partial charge is 0.495 e. The van der Waals surface area contributed by atoms with Crippen LogP contribution in [0.4, 0.5) is 5.69 Å². The molecule has 23 heavy (non-hydrogen) atoms. The van der Waals surface area contributed by atoms with Crippen LogP contribution >= 0.6 is 23.8 Å². The second-order valence-electron chi connectivity index (χ2n) is 5.47. The summed E-state index contributed by atoms with van der Waals surface area (Å²) in [7, 11) is 3.11. The van der Waals surface area contributed by atoms with Crippen LogP contribution in [-0.4, -0.2) is 44.4 Å². The normalized spacial score (nSPS) is 19.3. The van der Waals surface area contributed by atoms with E-state index < -0.39 is 5.79 Å². The highest BCUT2D eigenvalue weighted by Gasteiger charge is 2.32. The summed E-state index contributed by atoms with van der Waals surface area (Å²) in [6.45, 7) is 4.84. The molecule has 0 saturated carbocycles. The Bertz CT molecular complexity index is 583. The average molecular weight is 361 g/mol. The number of benzene rings is 1. The van der Waals surface area contributed by atoms with Crippen molar-refractivity contribution >= 4 is 34.6 Å². The van der Waals surface area contributed by atoms with Gasteiger partial charge in [0.25, 0.3) is 0 Å². The molecule has 1 unspecified atom stereocenters. The topological polar surface area (TPSA) is 61.0 Å². The van der Waals surface area contributed by atoms with Gasteiger partial charge >= 0.3 is 0 Å². The summed E-state index contributed by atoms with van der Waals surface area (Å²) in [5.41, 5.74) is 0.662. The van der Waals surface area contributed by atoms with E-state index >= 15 is 0 Å². The van der Waals surface area contributed by atoms with Crippen molar-refractivity contribution in [3.8, 4) is 11.5 Å². The molecule has 1 atom stereocenters. The van der Waals surface area contributed by atoms with E-state index in [1.807, 2.05) is 13.8 Å². The van der Waals surface area contributed by atoms with Crippen molar-refractivity contribution in [2.75, 3.05) is 32.7 Å². The van der Waals surface area contributed by atoms with Gasteiger partial charge in [0.05, 0.1) is 31.5 Å². The monoisotopic (exact) mass is 360 g/mol. The van der Waals surface area contributed by atoms with Gasteiger partial charge in [-0.1, -0.05) is 11.6 Å². The summed E-state index contributed by atoms with van der Waals surface area (Å²) < 4.78 is 21.7. The molecule has 8 heteroatoms. The Morgan fingerprint density at radius 3 is 2.61 bits per heavy atom. The Labute approximate surface area is 146 Å². The van der Waals surface area contributed by atoms with Crippen LogP contribution in [-0.2, 0) is 9.47 Å². The summed E-state index contributed by atoms with van der Waals surface area (Å²) in [6.07, 6.45) is -0.0496. The molecule has 2 rings (SSSR count). The van der Waals surface area contributed by atoms with Crippen LogP contribution in [0.3, 0.4) is 0 Å². The number of ether oxygens (including phenoxy) is 4. The maximum atomic E-state index is 6.08. The van der Waals surface area contributed by atoms with Crippen molar-refractivity contribution in [3.63, 3.8) is 0 Å². The number of halogens is 1. The van der Waals surface area contributed by atoms with Crippen molar-refractivity contribution in [2.24, 2.45) is 0 Å². The van der Waals surface area contributed by atoms with Crippen LogP contribution in [0.15, 0.2) is 12.1 Å². The standard InChI is InChI=1S/C15H21ClN2O4S/c1-15(2)21-8-9(22-15)7-17-14(23)18-11-6-12(19-3)10(16)5-13(11)20-4/h5-6,9H,7-8H2,1-4H3,(H2,17,18,23). The first-order valence-corrected chi connectivity index (χ1v) is 7.91. The average Bonchev–Trinajstić information content (AvgIpc) is 2.85. The van der Waals surface area contributed by atoms with Crippen LogP contribution < -0.4 is 20.1 Å². The summed E-state index contributed by atoms with van der Waals surface area (Å²) in [6, 6.07) is 3.40. The predicted molar refractivity (Wildman–Crippen MR) is 93.7 cm³/mol. The van der Waals surface area contributed by atoms with E-state index in [0.717, 1.165) is 0 Å². The highest BCUT2D eigenvalue weighted by Crippen LogP contribution is 2.35. The first-order valence-electron chi connectivity index (χ1n) is 7.13. The van der Waals surface area contributed by atoms with Gasteiger partial charge in [-0.3, -0.25) is 0 Å². The summed E-state index contributed by atoms with van der Waals surface area (Å²) in [5, 5.41) is 7.08. The quantitative estimate of drug-likeness (QED) is 0.783. The lowest BCUT2D eigenvalue weighted by molar-refractivity contribution is -0.137. The number of hydrogen-bond acceptors (Lipinski definition) is 5. The fraction of sp³-hybridized carbons (Fsp3) is 0.533. The lowest BCUT2D eigenvalue weighted by atomic mass is 10.2. The van der Waals surface area contributed by atoms with Gasteiger partial charge < -0.3 is 29.6 Å². The summed E-state index contributed by atoms with van der Waals surface area (Å²) in [4.78, 5) is 0. The molecular weight excluding hydrogens is 340 g/mol. The van der Waals surface area contributed by atoms with Gasteiger partial charge in [0.2, 0.25) is 0 Å². The predicted octanol–water partition coefficient (Wildman–Crippen LogP) is 2.80. The van der Waals surface area contributed by atoms with Crippen LogP contribution in [0, 0.1) is 0 Å². The third-order valence-electron chi connectivity index (χ3n) is 3.28. The van der Waals surface area contributed by atoms with Gasteiger partial charge in [-0.15, -0.1) is 0 Å². The van der Waals surface area contributed by atoms with Crippen LogP contribution in [0.5, 0.6) is 11.5 Å². The molecule has 1 fully saturated rings. The van der Waals surface area contributed by atoms with Crippen LogP contribution in [0.1, 0.15) is 13.8 Å². The second-order valence-corrected chi connectivity index (χ2v) is 6.29. The lowest BCUT2D eigenvalue weighted by Crippen LogP contribution is -2.36. The zero-order chi connectivity index (χ0) is 17.0. The highest BCUT2D eigenvalue weighted by atomic mass is 35.5. The van der Waals surface area contributed by atoms with Gasteiger partial charge in [-0.2, -0.15) is 0 Å². The minimum Gasteiger partial charge on any atom is -0.495 e. The zero-order valence-corrected chi connectivity index (χ0v) is 15.1. The SMILES string of the molecule is COc1cc(NC(=S)NCC2COC(C)(C)O2)c(OC)cc1Cl. The number of methoxy groups -OCH3 is 2. The smallest absolute Gasteiger partial charge is 0.170 e. The highest BCUT2D eigenvalue weighted by molar-refractivity contribution is 7.80. The Morgan fingerprint density at radius 1 is 1.35 bits per heavy atom. The Balaban J connectivity index is 1.95. The molecule has 1 aromatic carbocycles. The Kier molecular flexibility index (Phi) is 5.91. The summed E-state index contributed by atoms with van der Waals surface area (Å²) >= 11 is 11.4. The molecule has 0 spiro atoms. The molecule has 0 aliphatic carbocycles. The van der Waals surface area contributed by atoms with Crippen molar-refractivity contribution in [2.45, 2.75) is 25.7 Å². The molecule has 0 radical (unpaired) electrons. The van der Waals surface area contributed by atoms with E-state index in [4.69, 9.17) is 42.8 Å². The molecule has 6 nitrogen and oxygen atoms in total. The summed E-state index contributed by atoms with van der Waals surface area (Å²) in [5.74, 6) is 0.558. The van der Waals surface area contributed by atoms with E-state index in [-0.39, 0.29) is 6.10 Å². The molecule has 1 aromatic rings. The molecule has 1 heterocycles. The molecule has 1 saturated heterocycles. The molecule has 1 aliphatic heterocycles. The number of nitrogens with one attached hydrogen (secondary N) is 2. The maximum absolute atomic E-state index is 6.08. The molecule has 2 N–H and O–H groups in total. The van der Waals surface area contributed by atoms with Crippen molar-refractivity contribution in [3.05, 3.63) is 17.2 Å². The van der Waals surface area contributed by atoms with Crippen molar-refractivity contribution in [1.82, 2.24) is 5.32 Å². The van der Waals surface area contributed by atoms with E-state index in [1.165, 1.54) is 0 Å². The molecule has 128 valence electrons. The molecular formula is C15H21ClN2O4S. The first kappa shape index (κ1) is 18.1. The fourth-order valence-corrected chi connectivity index (χ4v) is 2.62. The van der Waals surface area contributed by atoms with E-state index in [1.54, 1.807) is 26.4 Å². The van der Waals surface area contributed by atoms with Crippen molar-refractivity contribution < 1.29 is 18.9 Å². The van der Waals surface area contributed by atoms with E-state index in [0.29, 0.717) is 40.5 Å². The Hall–Kier alpha value is -1.28. The molecule has 1 aliphatic rings. The number of thiocarbonyl (C=S) groups is 1. The molecule has 0 amide bonds. The third-order valence-corrected chi connectivity index (χ3v) is 3.82. The fourth-order valence-electron chi connectivity index (χ4n) is 2.19. The Morgan fingerprint density at radius 2 is 2.04 bits per heavy atom. The number of anilines is 1. The first-order chi connectivity index (χ1) is 10.8. The minimum atomic E-state index is -0.547. The molecule has 0 aromatic heterocycles. The van der Waals surface area contributed by atoms with Gasteiger partial charge in [-0.25, -0.2) is 0 Å². The third kappa shape index (κ3) is 4.84. The van der Waals surface area contributed by atoms with Crippen LogP contribution in [0.2, 0.25) is 5.02 Å². The van der Waals surface area contributed by atoms with Gasteiger partial charge in [0, 0.05) is 18.7 Å². The molecule has 0 bridgehead atoms. The van der Waals surface area contributed by atoms with Crippen molar-refractivity contribution in [1.29, 1.82) is 0 Å². The van der Waals surface area contributed by atoms with Gasteiger partial charge in [-0.05, 0) is 26.1 Å². The van der Waals surface area contributed by atoms with Gasteiger partial charge in [0.1, 0.15) is 17.6 Å². The lowest BCUT2D eigenvalue weighted by Gasteiger charge is -2.18. The van der Waals surface area contributed by atoms with E-state index in [9.17, 15) is 0 Å². The zero-order valence-electron chi connectivity index (χ0n) is 13.6.